The van der Waals surface area contributed by atoms with Gasteiger partial charge in [-0.3, -0.25) is 4.79 Å². The maximum Gasteiger partial charge on any atom is 0.277 e. The van der Waals surface area contributed by atoms with E-state index >= 15 is 0 Å². The largest absolute Gasteiger partial charge is 0.411 e. The van der Waals surface area contributed by atoms with Gasteiger partial charge in [0.25, 0.3) is 5.22 Å². The summed E-state index contributed by atoms with van der Waals surface area (Å²) in [5, 5.41) is 8.60. The summed E-state index contributed by atoms with van der Waals surface area (Å²) in [5.74, 6) is 0.761. The Labute approximate surface area is 175 Å². The standard InChI is InChI=1S/C22H27N3O3S/c1-13-7-8-18(9-14(13)2)21-23-24-22(28-21)29-12-20(26)19-10-15(3)25(17(19)5)16(4)11-27-6/h7-10,16H,11-12H2,1-6H3/t16-/m0/s1. The Morgan fingerprint density at radius 1 is 1.17 bits per heavy atom. The molecule has 0 spiro atoms. The van der Waals surface area contributed by atoms with Crippen molar-refractivity contribution in [3.63, 3.8) is 0 Å². The van der Waals surface area contributed by atoms with Crippen LogP contribution in [0.4, 0.5) is 0 Å². The van der Waals surface area contributed by atoms with Crippen LogP contribution in [-0.2, 0) is 4.74 Å². The van der Waals surface area contributed by atoms with Crippen LogP contribution in [0.25, 0.3) is 11.5 Å². The predicted octanol–water partition coefficient (Wildman–Crippen LogP) is 4.95. The number of methoxy groups -OCH3 is 1. The van der Waals surface area contributed by atoms with Crippen molar-refractivity contribution in [2.75, 3.05) is 19.5 Å². The van der Waals surface area contributed by atoms with Gasteiger partial charge in [-0.15, -0.1) is 10.2 Å². The van der Waals surface area contributed by atoms with Gasteiger partial charge in [-0.1, -0.05) is 17.8 Å². The first kappa shape index (κ1) is 21.3. The molecule has 0 radical (unpaired) electrons. The van der Waals surface area contributed by atoms with Gasteiger partial charge >= 0.3 is 0 Å². The van der Waals surface area contributed by atoms with Gasteiger partial charge in [0.15, 0.2) is 5.78 Å². The van der Waals surface area contributed by atoms with Gasteiger partial charge in [0.05, 0.1) is 18.4 Å². The van der Waals surface area contributed by atoms with Crippen LogP contribution in [0.5, 0.6) is 0 Å². The minimum atomic E-state index is 0.0462. The summed E-state index contributed by atoms with van der Waals surface area (Å²) in [6.07, 6.45) is 0. The second-order valence-electron chi connectivity index (χ2n) is 7.34. The number of ether oxygens (including phenoxy) is 1. The van der Waals surface area contributed by atoms with E-state index in [2.05, 4.69) is 28.6 Å². The van der Waals surface area contributed by atoms with E-state index in [1.165, 1.54) is 22.9 Å². The number of benzene rings is 1. The van der Waals surface area contributed by atoms with Crippen LogP contribution in [0.1, 0.15) is 45.8 Å². The van der Waals surface area contributed by atoms with Gasteiger partial charge in [-0.2, -0.15) is 0 Å². The molecule has 2 heterocycles. The van der Waals surface area contributed by atoms with E-state index in [0.29, 0.717) is 17.7 Å². The molecular formula is C22H27N3O3S. The third-order valence-corrected chi connectivity index (χ3v) is 5.94. The van der Waals surface area contributed by atoms with Gasteiger partial charge in [0.1, 0.15) is 0 Å². The molecule has 0 N–H and O–H groups in total. The molecule has 0 aliphatic heterocycles. The summed E-state index contributed by atoms with van der Waals surface area (Å²) >= 11 is 1.26. The molecule has 3 aromatic rings. The SMILES string of the molecule is COC[C@H](C)n1c(C)cc(C(=O)CSc2nnc(-c3ccc(C)c(C)c3)o2)c1C. The Hall–Kier alpha value is -2.38. The fourth-order valence-electron chi connectivity index (χ4n) is 3.52. The molecule has 1 atom stereocenters. The Morgan fingerprint density at radius 3 is 2.62 bits per heavy atom. The molecule has 3 rings (SSSR count). The second kappa shape index (κ2) is 8.97. The minimum absolute atomic E-state index is 0.0462. The van der Waals surface area contributed by atoms with Gasteiger partial charge in [0.2, 0.25) is 5.89 Å². The third-order valence-electron chi connectivity index (χ3n) is 5.12. The van der Waals surface area contributed by atoms with E-state index in [4.69, 9.17) is 9.15 Å². The van der Waals surface area contributed by atoms with Crippen molar-refractivity contribution >= 4 is 17.5 Å². The smallest absolute Gasteiger partial charge is 0.277 e. The summed E-state index contributed by atoms with van der Waals surface area (Å²) in [4.78, 5) is 12.8. The van der Waals surface area contributed by atoms with Crippen LogP contribution in [0, 0.1) is 27.7 Å². The molecule has 7 heteroatoms. The molecule has 0 aliphatic carbocycles. The average Bonchev–Trinajstić information content (AvgIpc) is 3.26. The lowest BCUT2D eigenvalue weighted by atomic mass is 10.1. The highest BCUT2D eigenvalue weighted by atomic mass is 32.2. The average molecular weight is 414 g/mol. The number of aryl methyl sites for hydroxylation is 3. The third kappa shape index (κ3) is 4.62. The van der Waals surface area contributed by atoms with Gasteiger partial charge in [-0.05, 0) is 63.9 Å². The number of Topliss-reactive ketones (excluding diaryl/α,β-unsaturated/α-hetero) is 1. The first-order valence-electron chi connectivity index (χ1n) is 9.56. The fourth-order valence-corrected chi connectivity index (χ4v) is 4.16. The van der Waals surface area contributed by atoms with Crippen molar-refractivity contribution < 1.29 is 13.9 Å². The Kier molecular flexibility index (Phi) is 6.59. The van der Waals surface area contributed by atoms with Crippen molar-refractivity contribution in [1.82, 2.24) is 14.8 Å². The van der Waals surface area contributed by atoms with Crippen LogP contribution in [0.15, 0.2) is 33.9 Å². The number of carbonyl (C=O) groups excluding carboxylic acids is 1. The van der Waals surface area contributed by atoms with Crippen LogP contribution < -0.4 is 0 Å². The number of aromatic nitrogens is 3. The molecule has 1 aromatic carbocycles. The molecule has 0 amide bonds. The van der Waals surface area contributed by atoms with Crippen molar-refractivity contribution in [1.29, 1.82) is 0 Å². The highest BCUT2D eigenvalue weighted by Gasteiger charge is 2.20. The summed E-state index contributed by atoms with van der Waals surface area (Å²) in [5.41, 5.74) is 6.00. The summed E-state index contributed by atoms with van der Waals surface area (Å²) < 4.78 is 13.1. The van der Waals surface area contributed by atoms with Crippen molar-refractivity contribution in [2.45, 2.75) is 45.9 Å². The zero-order valence-corrected chi connectivity index (χ0v) is 18.6. The Morgan fingerprint density at radius 2 is 1.93 bits per heavy atom. The van der Waals surface area contributed by atoms with Crippen LogP contribution in [0.3, 0.4) is 0 Å². The fraction of sp³-hybridized carbons (Fsp3) is 0.409. The number of thioether (sulfide) groups is 1. The van der Waals surface area contributed by atoms with E-state index in [1.54, 1.807) is 7.11 Å². The second-order valence-corrected chi connectivity index (χ2v) is 8.27. The van der Waals surface area contributed by atoms with E-state index in [-0.39, 0.29) is 17.6 Å². The van der Waals surface area contributed by atoms with Crippen LogP contribution >= 0.6 is 11.8 Å². The summed E-state index contributed by atoms with van der Waals surface area (Å²) in [6.45, 7) is 10.8. The molecule has 154 valence electrons. The van der Waals surface area contributed by atoms with Crippen molar-refractivity contribution in [2.24, 2.45) is 0 Å². The topological polar surface area (TPSA) is 70.2 Å². The lowest BCUT2D eigenvalue weighted by Crippen LogP contribution is -2.14. The normalized spacial score (nSPS) is 12.3. The zero-order valence-electron chi connectivity index (χ0n) is 17.8. The highest BCUT2D eigenvalue weighted by molar-refractivity contribution is 7.99. The van der Waals surface area contributed by atoms with E-state index in [9.17, 15) is 4.79 Å². The maximum absolute atomic E-state index is 12.8. The van der Waals surface area contributed by atoms with E-state index in [0.717, 1.165) is 22.5 Å². The molecule has 0 aliphatic rings. The molecule has 0 unspecified atom stereocenters. The quantitative estimate of drug-likeness (QED) is 0.384. The minimum Gasteiger partial charge on any atom is -0.411 e. The van der Waals surface area contributed by atoms with E-state index in [1.807, 2.05) is 45.0 Å². The molecule has 0 saturated carbocycles. The Balaban J connectivity index is 1.69. The number of hydrogen-bond donors (Lipinski definition) is 0. The molecule has 2 aromatic heterocycles. The number of rotatable bonds is 8. The van der Waals surface area contributed by atoms with Gasteiger partial charge < -0.3 is 13.7 Å². The number of hydrogen-bond acceptors (Lipinski definition) is 6. The first-order chi connectivity index (χ1) is 13.8. The number of ketones is 1. The van der Waals surface area contributed by atoms with Crippen molar-refractivity contribution in [3.05, 3.63) is 52.3 Å². The Bertz CT molecular complexity index is 1020. The molecule has 0 saturated heterocycles. The summed E-state index contributed by atoms with van der Waals surface area (Å²) in [6, 6.07) is 8.14. The van der Waals surface area contributed by atoms with Crippen LogP contribution in [-0.4, -0.2) is 40.0 Å². The van der Waals surface area contributed by atoms with E-state index < -0.39 is 0 Å². The van der Waals surface area contributed by atoms with Gasteiger partial charge in [-0.25, -0.2) is 0 Å². The maximum atomic E-state index is 12.8. The lowest BCUT2D eigenvalue weighted by molar-refractivity contribution is 0.102. The van der Waals surface area contributed by atoms with Crippen LogP contribution in [0.2, 0.25) is 0 Å². The lowest BCUT2D eigenvalue weighted by Gasteiger charge is -2.17. The predicted molar refractivity (Wildman–Crippen MR) is 115 cm³/mol. The highest BCUT2D eigenvalue weighted by Crippen LogP contribution is 2.27. The first-order valence-corrected chi connectivity index (χ1v) is 10.5. The molecule has 0 bridgehead atoms. The molecule has 0 fully saturated rings. The summed E-state index contributed by atoms with van der Waals surface area (Å²) in [7, 11) is 1.68. The molecule has 6 nitrogen and oxygen atoms in total. The number of carbonyl (C=O) groups is 1. The number of nitrogens with zero attached hydrogens (tertiary/aromatic N) is 3. The van der Waals surface area contributed by atoms with Gasteiger partial charge in [0, 0.05) is 29.6 Å². The monoisotopic (exact) mass is 413 g/mol. The molecule has 29 heavy (non-hydrogen) atoms. The zero-order chi connectivity index (χ0) is 21.1. The van der Waals surface area contributed by atoms with Crippen molar-refractivity contribution in [3.8, 4) is 11.5 Å². The molecular weight excluding hydrogens is 386 g/mol.